The Hall–Kier alpha value is -3.53. The third-order valence-corrected chi connectivity index (χ3v) is 6.53. The number of aromatic nitrogens is 2. The van der Waals surface area contributed by atoms with Crippen LogP contribution < -0.4 is 24.6 Å². The smallest absolute Gasteiger partial charge is 0.234 e. The average molecular weight is 482 g/mol. The second-order valence-electron chi connectivity index (χ2n) is 7.84. The minimum atomic E-state index is -0.203. The highest BCUT2D eigenvalue weighted by Crippen LogP contribution is 2.32. The fraction of sp³-hybridized carbons (Fsp3) is 0.292. The quantitative estimate of drug-likeness (QED) is 0.424. The number of hydrogen-bond acceptors (Lipinski definition) is 8. The molecule has 1 aromatic heterocycles. The average Bonchev–Trinajstić information content (AvgIpc) is 2.88. The van der Waals surface area contributed by atoms with Gasteiger partial charge in [0, 0.05) is 44.0 Å². The number of amides is 1. The Kier molecular flexibility index (Phi) is 6.66. The summed E-state index contributed by atoms with van der Waals surface area (Å²) in [5, 5.41) is 3.60. The van der Waals surface area contributed by atoms with E-state index >= 15 is 0 Å². The number of halogens is 1. The Morgan fingerprint density at radius 2 is 1.74 bits per heavy atom. The van der Waals surface area contributed by atoms with E-state index in [0.29, 0.717) is 49.2 Å². The maximum atomic E-state index is 14.1. The molecule has 0 atom stereocenters. The largest absolute Gasteiger partial charge is 0.486 e. The van der Waals surface area contributed by atoms with Gasteiger partial charge in [0.15, 0.2) is 11.5 Å². The summed E-state index contributed by atoms with van der Waals surface area (Å²) in [5.74, 6) is 1.99. The van der Waals surface area contributed by atoms with Crippen molar-refractivity contribution in [2.24, 2.45) is 0 Å². The minimum absolute atomic E-state index is 0.139. The van der Waals surface area contributed by atoms with Crippen LogP contribution in [-0.2, 0) is 4.79 Å². The van der Waals surface area contributed by atoms with Crippen LogP contribution in [0.15, 0.2) is 59.9 Å². The lowest BCUT2D eigenvalue weighted by Crippen LogP contribution is -2.47. The molecular weight excluding hydrogens is 457 g/mol. The number of fused-ring (bicyclic) bond motifs is 1. The molecule has 5 rings (SSSR count). The van der Waals surface area contributed by atoms with Crippen molar-refractivity contribution in [3.63, 3.8) is 0 Å². The summed E-state index contributed by atoms with van der Waals surface area (Å²) in [6, 6.07) is 14.1. The molecule has 34 heavy (non-hydrogen) atoms. The van der Waals surface area contributed by atoms with Gasteiger partial charge in [0.25, 0.3) is 0 Å². The Morgan fingerprint density at radius 3 is 2.56 bits per heavy atom. The van der Waals surface area contributed by atoms with Crippen LogP contribution >= 0.6 is 11.8 Å². The highest BCUT2D eigenvalue weighted by Gasteiger charge is 2.21. The number of rotatable bonds is 6. The van der Waals surface area contributed by atoms with Crippen molar-refractivity contribution in [3.05, 3.63) is 60.7 Å². The molecule has 3 heterocycles. The highest BCUT2D eigenvalue weighted by molar-refractivity contribution is 7.99. The molecule has 1 N–H and O–H groups in total. The van der Waals surface area contributed by atoms with E-state index in [-0.39, 0.29) is 17.5 Å². The van der Waals surface area contributed by atoms with Gasteiger partial charge in [0.05, 0.1) is 11.4 Å². The molecule has 0 spiro atoms. The Balaban J connectivity index is 1.14. The highest BCUT2D eigenvalue weighted by atomic mass is 32.2. The van der Waals surface area contributed by atoms with Gasteiger partial charge in [-0.15, -0.1) is 0 Å². The number of piperazine rings is 1. The third-order valence-electron chi connectivity index (χ3n) is 5.60. The maximum absolute atomic E-state index is 14.1. The second kappa shape index (κ2) is 10.2. The van der Waals surface area contributed by atoms with E-state index < -0.39 is 0 Å². The first kappa shape index (κ1) is 22.3. The second-order valence-corrected chi connectivity index (χ2v) is 8.83. The van der Waals surface area contributed by atoms with Gasteiger partial charge in [0.2, 0.25) is 5.91 Å². The first-order chi connectivity index (χ1) is 16.7. The molecule has 0 aliphatic carbocycles. The summed E-state index contributed by atoms with van der Waals surface area (Å²) in [6.07, 6.45) is 1.51. The zero-order chi connectivity index (χ0) is 23.3. The summed E-state index contributed by atoms with van der Waals surface area (Å²) in [6.45, 7) is 3.86. The number of thioether (sulfide) groups is 1. The SMILES string of the molecule is O=C(CSc1cc(N2CCN(c3ccccc3F)CC2)ncn1)Nc1ccc2c(c1)OCCO2. The van der Waals surface area contributed by atoms with E-state index in [1.54, 1.807) is 30.3 Å². The molecule has 1 amide bonds. The molecule has 2 aromatic carbocycles. The molecule has 1 saturated heterocycles. The molecule has 0 bridgehead atoms. The zero-order valence-electron chi connectivity index (χ0n) is 18.4. The molecule has 0 saturated carbocycles. The number of benzene rings is 2. The normalized spacial score (nSPS) is 15.2. The van der Waals surface area contributed by atoms with Crippen LogP contribution in [0.3, 0.4) is 0 Å². The predicted molar refractivity (Wildman–Crippen MR) is 130 cm³/mol. The molecule has 3 aromatic rings. The predicted octanol–water partition coefficient (Wildman–Crippen LogP) is 3.44. The Bertz CT molecular complexity index is 1170. The fourth-order valence-electron chi connectivity index (χ4n) is 3.92. The summed E-state index contributed by atoms with van der Waals surface area (Å²) in [4.78, 5) is 25.3. The summed E-state index contributed by atoms with van der Waals surface area (Å²) < 4.78 is 25.1. The van der Waals surface area contributed by atoms with Crippen LogP contribution in [0, 0.1) is 5.82 Å². The van der Waals surface area contributed by atoms with Crippen LogP contribution in [0.5, 0.6) is 11.5 Å². The van der Waals surface area contributed by atoms with Crippen LogP contribution in [-0.4, -0.2) is 61.0 Å². The number of nitrogens with zero attached hydrogens (tertiary/aromatic N) is 4. The van der Waals surface area contributed by atoms with Crippen molar-refractivity contribution in [1.82, 2.24) is 9.97 Å². The van der Waals surface area contributed by atoms with Gasteiger partial charge in [-0.05, 0) is 24.3 Å². The lowest BCUT2D eigenvalue weighted by Gasteiger charge is -2.36. The number of para-hydroxylation sites is 1. The molecule has 2 aliphatic rings. The van der Waals surface area contributed by atoms with E-state index in [9.17, 15) is 9.18 Å². The van der Waals surface area contributed by atoms with Gasteiger partial charge >= 0.3 is 0 Å². The minimum Gasteiger partial charge on any atom is -0.486 e. The van der Waals surface area contributed by atoms with Crippen molar-refractivity contribution in [2.45, 2.75) is 5.03 Å². The summed E-state index contributed by atoms with van der Waals surface area (Å²) in [5.41, 5.74) is 1.29. The Morgan fingerprint density at radius 1 is 0.971 bits per heavy atom. The summed E-state index contributed by atoms with van der Waals surface area (Å²) >= 11 is 1.35. The summed E-state index contributed by atoms with van der Waals surface area (Å²) in [7, 11) is 0. The third kappa shape index (κ3) is 5.17. The van der Waals surface area contributed by atoms with E-state index in [4.69, 9.17) is 9.47 Å². The number of nitrogens with one attached hydrogen (secondary N) is 1. The van der Waals surface area contributed by atoms with Crippen LogP contribution in [0.2, 0.25) is 0 Å². The first-order valence-corrected chi connectivity index (χ1v) is 12.0. The van der Waals surface area contributed by atoms with Crippen molar-refractivity contribution < 1.29 is 18.7 Å². The monoisotopic (exact) mass is 481 g/mol. The van der Waals surface area contributed by atoms with Gasteiger partial charge in [-0.2, -0.15) is 0 Å². The molecule has 176 valence electrons. The van der Waals surface area contributed by atoms with Gasteiger partial charge in [-0.25, -0.2) is 14.4 Å². The number of carbonyl (C=O) groups is 1. The zero-order valence-corrected chi connectivity index (χ0v) is 19.3. The molecule has 8 nitrogen and oxygen atoms in total. The van der Waals surface area contributed by atoms with Crippen LogP contribution in [0.25, 0.3) is 0 Å². The molecule has 0 radical (unpaired) electrons. The number of hydrogen-bond donors (Lipinski definition) is 1. The van der Waals surface area contributed by atoms with Crippen molar-refractivity contribution >= 4 is 34.9 Å². The van der Waals surface area contributed by atoms with E-state index in [1.807, 2.05) is 17.0 Å². The van der Waals surface area contributed by atoms with Crippen molar-refractivity contribution in [1.29, 1.82) is 0 Å². The molecule has 1 fully saturated rings. The van der Waals surface area contributed by atoms with Gasteiger partial charge in [0.1, 0.15) is 36.2 Å². The van der Waals surface area contributed by atoms with Gasteiger partial charge in [-0.3, -0.25) is 4.79 Å². The van der Waals surface area contributed by atoms with Gasteiger partial charge < -0.3 is 24.6 Å². The van der Waals surface area contributed by atoms with E-state index in [0.717, 1.165) is 23.9 Å². The van der Waals surface area contributed by atoms with Crippen molar-refractivity contribution in [3.8, 4) is 11.5 Å². The fourth-order valence-corrected chi connectivity index (χ4v) is 4.59. The lowest BCUT2D eigenvalue weighted by molar-refractivity contribution is -0.113. The number of ether oxygens (including phenoxy) is 2. The molecule has 2 aliphatic heterocycles. The number of carbonyl (C=O) groups excluding carboxylic acids is 1. The van der Waals surface area contributed by atoms with Crippen LogP contribution in [0.4, 0.5) is 21.6 Å². The first-order valence-electron chi connectivity index (χ1n) is 11.0. The van der Waals surface area contributed by atoms with E-state index in [1.165, 1.54) is 24.2 Å². The number of anilines is 3. The topological polar surface area (TPSA) is 79.8 Å². The van der Waals surface area contributed by atoms with Crippen LogP contribution in [0.1, 0.15) is 0 Å². The molecule has 0 unspecified atom stereocenters. The lowest BCUT2D eigenvalue weighted by atomic mass is 10.2. The van der Waals surface area contributed by atoms with Crippen molar-refractivity contribution in [2.75, 3.05) is 60.3 Å². The standard InChI is InChI=1S/C24H24FN5O3S/c25-18-3-1-2-4-19(18)29-7-9-30(10-8-29)22-14-24(27-16-26-22)34-15-23(31)28-17-5-6-20-21(13-17)33-12-11-32-20/h1-6,13-14,16H,7-12,15H2,(H,28,31). The van der Waals surface area contributed by atoms with E-state index in [2.05, 4.69) is 20.2 Å². The molecule has 10 heteroatoms. The molecular formula is C24H24FN5O3S. The van der Waals surface area contributed by atoms with Gasteiger partial charge in [-0.1, -0.05) is 23.9 Å². The Labute approximate surface area is 201 Å². The maximum Gasteiger partial charge on any atom is 0.234 e.